The number of hydrogen-bond acceptors (Lipinski definition) is 2. The quantitative estimate of drug-likeness (QED) is 0.908. The molecule has 1 atom stereocenters. The summed E-state index contributed by atoms with van der Waals surface area (Å²) in [4.78, 5) is 1.81. The zero-order valence-corrected chi connectivity index (χ0v) is 12.5. The Hall–Kier alpha value is -1.39. The number of benzene rings is 2. The smallest absolute Gasteiger partial charge is 0.146 e. The summed E-state index contributed by atoms with van der Waals surface area (Å²) in [5.41, 5.74) is 8.35. The third-order valence-electron chi connectivity index (χ3n) is 3.08. The van der Waals surface area contributed by atoms with Gasteiger partial charge in [-0.15, -0.1) is 0 Å². The lowest BCUT2D eigenvalue weighted by Gasteiger charge is -2.21. The highest BCUT2D eigenvalue weighted by Gasteiger charge is 2.11. The number of rotatable bonds is 3. The second-order valence-electron chi connectivity index (χ2n) is 4.50. The SMILES string of the molecule is C[C@H](N)c1ccc(N(C)c2ccccc2F)cc1Br. The molecule has 0 heterocycles. The van der Waals surface area contributed by atoms with Gasteiger partial charge in [0.25, 0.3) is 0 Å². The molecule has 0 aliphatic carbocycles. The molecule has 2 nitrogen and oxygen atoms in total. The van der Waals surface area contributed by atoms with Crippen molar-refractivity contribution in [2.24, 2.45) is 5.73 Å². The van der Waals surface area contributed by atoms with Crippen LogP contribution in [-0.4, -0.2) is 7.05 Å². The lowest BCUT2D eigenvalue weighted by molar-refractivity contribution is 0.627. The molecule has 100 valence electrons. The Morgan fingerprint density at radius 3 is 2.47 bits per heavy atom. The van der Waals surface area contributed by atoms with Crippen molar-refractivity contribution in [3.8, 4) is 0 Å². The van der Waals surface area contributed by atoms with Crippen LogP contribution >= 0.6 is 15.9 Å². The van der Waals surface area contributed by atoms with Gasteiger partial charge >= 0.3 is 0 Å². The molecular weight excluding hydrogens is 307 g/mol. The van der Waals surface area contributed by atoms with Crippen molar-refractivity contribution in [1.29, 1.82) is 0 Å². The van der Waals surface area contributed by atoms with Gasteiger partial charge in [0.15, 0.2) is 0 Å². The summed E-state index contributed by atoms with van der Waals surface area (Å²) < 4.78 is 14.7. The number of anilines is 2. The van der Waals surface area contributed by atoms with Gasteiger partial charge in [-0.2, -0.15) is 0 Å². The molecule has 19 heavy (non-hydrogen) atoms. The monoisotopic (exact) mass is 322 g/mol. The predicted molar refractivity (Wildman–Crippen MR) is 81.2 cm³/mol. The van der Waals surface area contributed by atoms with Crippen molar-refractivity contribution < 1.29 is 4.39 Å². The molecule has 0 radical (unpaired) electrons. The van der Waals surface area contributed by atoms with Gasteiger partial charge in [0, 0.05) is 23.2 Å². The summed E-state index contributed by atoms with van der Waals surface area (Å²) in [5.74, 6) is -0.239. The molecule has 0 aliphatic rings. The van der Waals surface area contributed by atoms with E-state index >= 15 is 0 Å². The minimum Gasteiger partial charge on any atom is -0.342 e. The van der Waals surface area contributed by atoms with Crippen LogP contribution in [0.5, 0.6) is 0 Å². The molecular formula is C15H16BrFN2. The van der Waals surface area contributed by atoms with Crippen molar-refractivity contribution in [3.05, 3.63) is 58.3 Å². The Morgan fingerprint density at radius 2 is 1.89 bits per heavy atom. The first-order valence-corrected chi connectivity index (χ1v) is 6.83. The first-order chi connectivity index (χ1) is 9.00. The van der Waals surface area contributed by atoms with Gasteiger partial charge < -0.3 is 10.6 Å². The second kappa shape index (κ2) is 5.72. The van der Waals surface area contributed by atoms with E-state index in [0.717, 1.165) is 15.7 Å². The number of nitrogens with two attached hydrogens (primary N) is 1. The van der Waals surface area contributed by atoms with Crippen LogP contribution < -0.4 is 10.6 Å². The van der Waals surface area contributed by atoms with Crippen LogP contribution in [0.3, 0.4) is 0 Å². The number of para-hydroxylation sites is 1. The molecule has 0 aromatic heterocycles. The van der Waals surface area contributed by atoms with Crippen molar-refractivity contribution in [2.75, 3.05) is 11.9 Å². The Bertz CT molecular complexity index is 584. The molecule has 0 saturated heterocycles. The number of hydrogen-bond donors (Lipinski definition) is 1. The highest BCUT2D eigenvalue weighted by molar-refractivity contribution is 9.10. The molecule has 2 aromatic carbocycles. The van der Waals surface area contributed by atoms with Gasteiger partial charge in [0.2, 0.25) is 0 Å². The lowest BCUT2D eigenvalue weighted by Crippen LogP contribution is -2.12. The maximum Gasteiger partial charge on any atom is 0.146 e. The summed E-state index contributed by atoms with van der Waals surface area (Å²) in [7, 11) is 1.84. The van der Waals surface area contributed by atoms with Crippen molar-refractivity contribution in [1.82, 2.24) is 0 Å². The third kappa shape index (κ3) is 2.96. The maximum atomic E-state index is 13.8. The molecule has 0 fully saturated rings. The number of nitrogens with zero attached hydrogens (tertiary/aromatic N) is 1. The fourth-order valence-electron chi connectivity index (χ4n) is 1.96. The first-order valence-electron chi connectivity index (χ1n) is 6.04. The third-order valence-corrected chi connectivity index (χ3v) is 3.76. The average Bonchev–Trinajstić information content (AvgIpc) is 2.38. The first kappa shape index (κ1) is 14.0. The van der Waals surface area contributed by atoms with E-state index in [2.05, 4.69) is 15.9 Å². The molecule has 0 bridgehead atoms. The molecule has 2 aromatic rings. The minimum absolute atomic E-state index is 0.0396. The standard InChI is InChI=1S/C15H16BrFN2/c1-10(18)12-8-7-11(9-13(12)16)19(2)15-6-4-3-5-14(15)17/h3-10H,18H2,1-2H3/t10-/m0/s1. The Labute approximate surface area is 121 Å². The topological polar surface area (TPSA) is 29.3 Å². The highest BCUT2D eigenvalue weighted by Crippen LogP contribution is 2.31. The molecule has 4 heteroatoms. The van der Waals surface area contributed by atoms with Gasteiger partial charge in [0.1, 0.15) is 5.82 Å². The van der Waals surface area contributed by atoms with E-state index in [0.29, 0.717) is 5.69 Å². The van der Waals surface area contributed by atoms with Crippen LogP contribution in [0, 0.1) is 5.82 Å². The molecule has 0 amide bonds. The zero-order chi connectivity index (χ0) is 14.0. The number of halogens is 2. The fraction of sp³-hybridized carbons (Fsp3) is 0.200. The summed E-state index contributed by atoms with van der Waals surface area (Å²) in [6.45, 7) is 1.93. The van der Waals surface area contributed by atoms with Crippen LogP contribution in [-0.2, 0) is 0 Å². The van der Waals surface area contributed by atoms with Crippen LogP contribution in [0.15, 0.2) is 46.9 Å². The molecule has 2 rings (SSSR count). The maximum absolute atomic E-state index is 13.8. The summed E-state index contributed by atoms with van der Waals surface area (Å²) in [5, 5.41) is 0. The van der Waals surface area contributed by atoms with Crippen molar-refractivity contribution >= 4 is 27.3 Å². The van der Waals surface area contributed by atoms with Gasteiger partial charge in [-0.1, -0.05) is 34.1 Å². The lowest BCUT2D eigenvalue weighted by atomic mass is 10.1. The molecule has 0 saturated carbocycles. The van der Waals surface area contributed by atoms with Crippen LogP contribution in [0.25, 0.3) is 0 Å². The minimum atomic E-state index is -0.239. The molecule has 0 unspecified atom stereocenters. The largest absolute Gasteiger partial charge is 0.342 e. The summed E-state index contributed by atoms with van der Waals surface area (Å²) in [6.07, 6.45) is 0. The van der Waals surface area contributed by atoms with E-state index in [1.807, 2.05) is 43.1 Å². The Kier molecular flexibility index (Phi) is 4.22. The summed E-state index contributed by atoms with van der Waals surface area (Å²) >= 11 is 3.51. The average molecular weight is 323 g/mol. The molecule has 2 N–H and O–H groups in total. The fourth-order valence-corrected chi connectivity index (χ4v) is 2.68. The highest BCUT2D eigenvalue weighted by atomic mass is 79.9. The van der Waals surface area contributed by atoms with Gasteiger partial charge in [0.05, 0.1) is 5.69 Å². The van der Waals surface area contributed by atoms with E-state index in [1.165, 1.54) is 6.07 Å². The molecule has 0 spiro atoms. The predicted octanol–water partition coefficient (Wildman–Crippen LogP) is 4.38. The van der Waals surface area contributed by atoms with Crippen LogP contribution in [0.4, 0.5) is 15.8 Å². The second-order valence-corrected chi connectivity index (χ2v) is 5.36. The van der Waals surface area contributed by atoms with Crippen LogP contribution in [0.2, 0.25) is 0 Å². The summed E-state index contributed by atoms with van der Waals surface area (Å²) in [6, 6.07) is 12.5. The van der Waals surface area contributed by atoms with E-state index in [1.54, 1.807) is 12.1 Å². The van der Waals surface area contributed by atoms with Gasteiger partial charge in [-0.25, -0.2) is 4.39 Å². The molecule has 0 aliphatic heterocycles. The van der Waals surface area contributed by atoms with E-state index < -0.39 is 0 Å². The Balaban J connectivity index is 2.38. The van der Waals surface area contributed by atoms with E-state index in [9.17, 15) is 4.39 Å². The van der Waals surface area contributed by atoms with Crippen LogP contribution in [0.1, 0.15) is 18.5 Å². The van der Waals surface area contributed by atoms with E-state index in [4.69, 9.17) is 5.73 Å². The van der Waals surface area contributed by atoms with Crippen molar-refractivity contribution in [3.63, 3.8) is 0 Å². The normalized spacial score (nSPS) is 12.3. The van der Waals surface area contributed by atoms with E-state index in [-0.39, 0.29) is 11.9 Å². The van der Waals surface area contributed by atoms with Gasteiger partial charge in [-0.3, -0.25) is 0 Å². The zero-order valence-electron chi connectivity index (χ0n) is 10.9. The Morgan fingerprint density at radius 1 is 1.21 bits per heavy atom. The van der Waals surface area contributed by atoms with Crippen molar-refractivity contribution in [2.45, 2.75) is 13.0 Å². The van der Waals surface area contributed by atoms with Gasteiger partial charge in [-0.05, 0) is 36.8 Å².